The Hall–Kier alpha value is -1.71. The minimum Gasteiger partial charge on any atom is -0.399 e. The molecule has 4 nitrogen and oxygen atoms in total. The van der Waals surface area contributed by atoms with Gasteiger partial charge < -0.3 is 16.0 Å². The van der Waals surface area contributed by atoms with Crippen molar-refractivity contribution in [2.75, 3.05) is 25.1 Å². The van der Waals surface area contributed by atoms with E-state index in [0.717, 1.165) is 5.69 Å². The molecule has 0 spiro atoms. The molecule has 0 aliphatic rings. The zero-order valence-electron chi connectivity index (χ0n) is 9.32. The molecule has 15 heavy (non-hydrogen) atoms. The molecule has 1 amide bonds. The molecule has 0 aliphatic carbocycles. The summed E-state index contributed by atoms with van der Waals surface area (Å²) in [7, 11) is 3.47. The fourth-order valence-electron chi connectivity index (χ4n) is 1.33. The lowest BCUT2D eigenvalue weighted by Crippen LogP contribution is -2.36. The van der Waals surface area contributed by atoms with E-state index in [2.05, 4.69) is 5.32 Å². The van der Waals surface area contributed by atoms with Gasteiger partial charge in [-0.2, -0.15) is 0 Å². The number of nitrogens with one attached hydrogen (secondary N) is 1. The van der Waals surface area contributed by atoms with Gasteiger partial charge in [0.2, 0.25) is 5.91 Å². The Bertz CT molecular complexity index is 349. The van der Waals surface area contributed by atoms with Crippen LogP contribution in [0.5, 0.6) is 0 Å². The van der Waals surface area contributed by atoms with Crippen LogP contribution in [0.1, 0.15) is 6.92 Å². The Labute approximate surface area is 90.1 Å². The number of carbonyl (C=O) groups excluding carboxylic acids is 1. The zero-order valence-corrected chi connectivity index (χ0v) is 9.32. The van der Waals surface area contributed by atoms with Gasteiger partial charge >= 0.3 is 0 Å². The van der Waals surface area contributed by atoms with Crippen molar-refractivity contribution in [2.24, 2.45) is 0 Å². The third kappa shape index (κ3) is 3.16. The first-order valence-corrected chi connectivity index (χ1v) is 4.84. The fourth-order valence-corrected chi connectivity index (χ4v) is 1.33. The van der Waals surface area contributed by atoms with Gasteiger partial charge in [-0.3, -0.25) is 4.79 Å². The maximum absolute atomic E-state index is 11.6. The van der Waals surface area contributed by atoms with E-state index in [1.807, 2.05) is 25.1 Å². The summed E-state index contributed by atoms with van der Waals surface area (Å²) in [6.07, 6.45) is 0. The van der Waals surface area contributed by atoms with Crippen molar-refractivity contribution in [2.45, 2.75) is 13.0 Å². The van der Waals surface area contributed by atoms with Crippen LogP contribution in [0.25, 0.3) is 0 Å². The molecule has 1 aromatic rings. The quantitative estimate of drug-likeness (QED) is 0.731. The predicted octanol–water partition coefficient (Wildman–Crippen LogP) is 1.16. The molecule has 82 valence electrons. The van der Waals surface area contributed by atoms with E-state index in [9.17, 15) is 4.79 Å². The second kappa shape index (κ2) is 4.68. The summed E-state index contributed by atoms with van der Waals surface area (Å²) in [6.45, 7) is 1.82. The number of nitrogen functional groups attached to an aromatic ring is 1. The highest BCUT2D eigenvalue weighted by molar-refractivity contribution is 5.83. The number of rotatable bonds is 3. The number of hydrogen-bond donors (Lipinski definition) is 2. The molecule has 3 N–H and O–H groups in total. The fraction of sp³-hybridized carbons (Fsp3) is 0.364. The van der Waals surface area contributed by atoms with Crippen LogP contribution in [-0.4, -0.2) is 30.9 Å². The summed E-state index contributed by atoms with van der Waals surface area (Å²) < 4.78 is 0. The number of nitrogens with two attached hydrogens (primary N) is 1. The molecule has 1 atom stereocenters. The van der Waals surface area contributed by atoms with Crippen LogP contribution in [0, 0.1) is 0 Å². The van der Waals surface area contributed by atoms with Crippen molar-refractivity contribution in [3.63, 3.8) is 0 Å². The first-order valence-electron chi connectivity index (χ1n) is 4.84. The van der Waals surface area contributed by atoms with Crippen molar-refractivity contribution >= 4 is 17.3 Å². The van der Waals surface area contributed by atoms with E-state index < -0.39 is 0 Å². The standard InChI is InChI=1S/C11H17N3O/c1-8(11(15)14(2)3)13-10-6-4-5-9(12)7-10/h4-8,13H,12H2,1-3H3. The number of anilines is 2. The highest BCUT2D eigenvalue weighted by Crippen LogP contribution is 2.13. The Kier molecular flexibility index (Phi) is 3.55. The summed E-state index contributed by atoms with van der Waals surface area (Å²) in [5, 5.41) is 3.09. The lowest BCUT2D eigenvalue weighted by Gasteiger charge is -2.19. The predicted molar refractivity (Wildman–Crippen MR) is 62.6 cm³/mol. The van der Waals surface area contributed by atoms with Crippen molar-refractivity contribution in [3.8, 4) is 0 Å². The minimum absolute atomic E-state index is 0.0393. The number of carbonyl (C=O) groups is 1. The van der Waals surface area contributed by atoms with E-state index in [4.69, 9.17) is 5.73 Å². The molecule has 0 aliphatic heterocycles. The largest absolute Gasteiger partial charge is 0.399 e. The van der Waals surface area contributed by atoms with Gasteiger partial charge in [0.1, 0.15) is 6.04 Å². The average molecular weight is 207 g/mol. The second-order valence-electron chi connectivity index (χ2n) is 3.72. The van der Waals surface area contributed by atoms with Gasteiger partial charge in [-0.15, -0.1) is 0 Å². The van der Waals surface area contributed by atoms with Crippen molar-refractivity contribution < 1.29 is 4.79 Å². The number of likely N-dealkylation sites (N-methyl/N-ethyl adjacent to an activating group) is 1. The van der Waals surface area contributed by atoms with Gasteiger partial charge in [0.25, 0.3) is 0 Å². The third-order valence-electron chi connectivity index (χ3n) is 2.08. The molecule has 0 radical (unpaired) electrons. The molecule has 1 aromatic carbocycles. The topological polar surface area (TPSA) is 58.4 Å². The Morgan fingerprint density at radius 1 is 1.47 bits per heavy atom. The normalized spacial score (nSPS) is 11.9. The number of benzene rings is 1. The van der Waals surface area contributed by atoms with Gasteiger partial charge in [0, 0.05) is 25.5 Å². The highest BCUT2D eigenvalue weighted by atomic mass is 16.2. The van der Waals surface area contributed by atoms with Gasteiger partial charge in [-0.25, -0.2) is 0 Å². The summed E-state index contributed by atoms with van der Waals surface area (Å²) in [5.41, 5.74) is 7.18. The van der Waals surface area contributed by atoms with E-state index in [0.29, 0.717) is 5.69 Å². The molecule has 0 saturated heterocycles. The molecule has 0 saturated carbocycles. The van der Waals surface area contributed by atoms with Crippen LogP contribution in [0.2, 0.25) is 0 Å². The van der Waals surface area contributed by atoms with E-state index in [1.165, 1.54) is 0 Å². The van der Waals surface area contributed by atoms with E-state index in [1.54, 1.807) is 25.1 Å². The van der Waals surface area contributed by atoms with Crippen molar-refractivity contribution in [1.82, 2.24) is 4.90 Å². The Morgan fingerprint density at radius 2 is 2.13 bits per heavy atom. The lowest BCUT2D eigenvalue weighted by molar-refractivity contribution is -0.129. The molecule has 1 unspecified atom stereocenters. The molecule has 4 heteroatoms. The van der Waals surface area contributed by atoms with E-state index >= 15 is 0 Å². The average Bonchev–Trinajstić information content (AvgIpc) is 2.16. The molecule has 0 heterocycles. The molecule has 0 aromatic heterocycles. The smallest absolute Gasteiger partial charge is 0.244 e. The van der Waals surface area contributed by atoms with Gasteiger partial charge in [0.15, 0.2) is 0 Å². The molecule has 0 fully saturated rings. The Balaban J connectivity index is 2.66. The lowest BCUT2D eigenvalue weighted by atomic mass is 10.2. The van der Waals surface area contributed by atoms with Crippen LogP contribution in [-0.2, 0) is 4.79 Å². The van der Waals surface area contributed by atoms with Crippen LogP contribution < -0.4 is 11.1 Å². The van der Waals surface area contributed by atoms with Gasteiger partial charge in [0.05, 0.1) is 0 Å². The molecular formula is C11H17N3O. The van der Waals surface area contributed by atoms with Crippen molar-refractivity contribution in [3.05, 3.63) is 24.3 Å². The number of nitrogens with zero attached hydrogens (tertiary/aromatic N) is 1. The maximum Gasteiger partial charge on any atom is 0.244 e. The molecule has 0 bridgehead atoms. The van der Waals surface area contributed by atoms with Crippen LogP contribution in [0.4, 0.5) is 11.4 Å². The van der Waals surface area contributed by atoms with Gasteiger partial charge in [-0.05, 0) is 25.1 Å². The van der Waals surface area contributed by atoms with E-state index in [-0.39, 0.29) is 11.9 Å². The first kappa shape index (κ1) is 11.4. The van der Waals surface area contributed by atoms with Gasteiger partial charge in [-0.1, -0.05) is 6.07 Å². The summed E-state index contributed by atoms with van der Waals surface area (Å²) in [4.78, 5) is 13.1. The Morgan fingerprint density at radius 3 is 2.67 bits per heavy atom. The minimum atomic E-state index is -0.248. The highest BCUT2D eigenvalue weighted by Gasteiger charge is 2.13. The summed E-state index contributed by atoms with van der Waals surface area (Å²) >= 11 is 0. The third-order valence-corrected chi connectivity index (χ3v) is 2.08. The zero-order chi connectivity index (χ0) is 11.4. The number of hydrogen-bond acceptors (Lipinski definition) is 3. The molecular weight excluding hydrogens is 190 g/mol. The molecule has 1 rings (SSSR count). The first-order chi connectivity index (χ1) is 7.00. The van der Waals surface area contributed by atoms with Crippen LogP contribution >= 0.6 is 0 Å². The maximum atomic E-state index is 11.6. The van der Waals surface area contributed by atoms with Crippen molar-refractivity contribution in [1.29, 1.82) is 0 Å². The summed E-state index contributed by atoms with van der Waals surface area (Å²) in [6, 6.07) is 7.10. The van der Waals surface area contributed by atoms with Crippen LogP contribution in [0.3, 0.4) is 0 Å². The van der Waals surface area contributed by atoms with Crippen LogP contribution in [0.15, 0.2) is 24.3 Å². The monoisotopic (exact) mass is 207 g/mol. The second-order valence-corrected chi connectivity index (χ2v) is 3.72. The SMILES string of the molecule is CC(Nc1cccc(N)c1)C(=O)N(C)C. The number of amides is 1. The summed E-state index contributed by atoms with van der Waals surface area (Å²) in [5.74, 6) is 0.0393.